The summed E-state index contributed by atoms with van der Waals surface area (Å²) in [5.41, 5.74) is -0.0549. The van der Waals surface area contributed by atoms with Gasteiger partial charge in [0.2, 0.25) is 5.88 Å². The van der Waals surface area contributed by atoms with Crippen molar-refractivity contribution in [3.8, 4) is 23.1 Å². The van der Waals surface area contributed by atoms with Crippen LogP contribution in [0.1, 0.15) is 16.8 Å². The number of aromatic amines is 1. The molecular formula is C26H27N5O6. The van der Waals surface area contributed by atoms with Gasteiger partial charge in [0.1, 0.15) is 5.56 Å². The van der Waals surface area contributed by atoms with Crippen LogP contribution >= 0.6 is 0 Å². The first-order chi connectivity index (χ1) is 17.8. The van der Waals surface area contributed by atoms with Gasteiger partial charge in [0.05, 0.1) is 25.6 Å². The van der Waals surface area contributed by atoms with Crippen LogP contribution in [0.3, 0.4) is 0 Å². The number of para-hydroxylation sites is 1. The SMILES string of the molecule is COc1ccc(CCn2c(O)c(C=Nc3c(C)n(C)n(-c4ccccc4)c3=O)c(=O)[nH]c2=O)cc1OC. The zero-order chi connectivity index (χ0) is 26.7. The number of aromatic nitrogens is 4. The van der Waals surface area contributed by atoms with Crippen molar-refractivity contribution in [2.75, 3.05) is 14.2 Å². The molecule has 0 aliphatic heterocycles. The molecule has 4 aromatic rings. The zero-order valence-corrected chi connectivity index (χ0v) is 20.9. The number of benzene rings is 2. The second kappa shape index (κ2) is 10.4. The Bertz CT molecular complexity index is 1640. The molecule has 0 saturated carbocycles. The Hall–Kier alpha value is -4.80. The van der Waals surface area contributed by atoms with E-state index in [0.29, 0.717) is 29.3 Å². The Morgan fingerprint density at radius 2 is 1.73 bits per heavy atom. The molecule has 11 nitrogen and oxygen atoms in total. The molecule has 4 rings (SSSR count). The Labute approximate surface area is 211 Å². The summed E-state index contributed by atoms with van der Waals surface area (Å²) in [4.78, 5) is 44.5. The number of ether oxygens (including phenoxy) is 2. The molecule has 0 atom stereocenters. The number of nitrogens with zero attached hydrogens (tertiary/aromatic N) is 4. The number of rotatable bonds is 8. The van der Waals surface area contributed by atoms with Crippen molar-refractivity contribution >= 4 is 11.9 Å². The van der Waals surface area contributed by atoms with E-state index in [9.17, 15) is 19.5 Å². The van der Waals surface area contributed by atoms with Crippen molar-refractivity contribution in [2.24, 2.45) is 12.0 Å². The average Bonchev–Trinajstić information content (AvgIpc) is 3.11. The minimum Gasteiger partial charge on any atom is -0.494 e. The van der Waals surface area contributed by atoms with E-state index in [2.05, 4.69) is 9.98 Å². The lowest BCUT2D eigenvalue weighted by molar-refractivity contribution is 0.354. The summed E-state index contributed by atoms with van der Waals surface area (Å²) in [5.74, 6) is 0.552. The molecule has 0 unspecified atom stereocenters. The lowest BCUT2D eigenvalue weighted by Crippen LogP contribution is -2.32. The van der Waals surface area contributed by atoms with Crippen LogP contribution in [0.2, 0.25) is 0 Å². The van der Waals surface area contributed by atoms with Gasteiger partial charge in [-0.3, -0.25) is 23.8 Å². The third kappa shape index (κ3) is 4.83. The molecule has 0 spiro atoms. The first-order valence-electron chi connectivity index (χ1n) is 11.4. The largest absolute Gasteiger partial charge is 0.494 e. The first kappa shape index (κ1) is 25.3. The van der Waals surface area contributed by atoms with Crippen molar-refractivity contribution in [3.63, 3.8) is 0 Å². The number of hydrogen-bond donors (Lipinski definition) is 2. The lowest BCUT2D eigenvalue weighted by atomic mass is 10.1. The van der Waals surface area contributed by atoms with Crippen LogP contribution in [0.25, 0.3) is 5.69 Å². The van der Waals surface area contributed by atoms with Crippen LogP contribution in [0.4, 0.5) is 5.69 Å². The molecule has 0 fully saturated rings. The maximum atomic E-state index is 13.1. The van der Waals surface area contributed by atoms with Crippen LogP contribution in [0, 0.1) is 6.92 Å². The molecule has 37 heavy (non-hydrogen) atoms. The first-order valence-corrected chi connectivity index (χ1v) is 11.4. The molecule has 2 aromatic carbocycles. The van der Waals surface area contributed by atoms with E-state index in [4.69, 9.17) is 9.47 Å². The van der Waals surface area contributed by atoms with Crippen LogP contribution in [0.15, 0.2) is 67.9 Å². The van der Waals surface area contributed by atoms with Gasteiger partial charge in [-0.25, -0.2) is 14.5 Å². The highest BCUT2D eigenvalue weighted by Gasteiger charge is 2.17. The van der Waals surface area contributed by atoms with Crippen LogP contribution in [-0.4, -0.2) is 44.5 Å². The fourth-order valence-corrected chi connectivity index (χ4v) is 4.01. The van der Waals surface area contributed by atoms with Crippen molar-refractivity contribution in [2.45, 2.75) is 19.9 Å². The van der Waals surface area contributed by atoms with Crippen molar-refractivity contribution in [3.05, 3.63) is 96.5 Å². The van der Waals surface area contributed by atoms with E-state index < -0.39 is 17.1 Å². The van der Waals surface area contributed by atoms with Gasteiger partial charge in [-0.1, -0.05) is 24.3 Å². The second-order valence-corrected chi connectivity index (χ2v) is 8.26. The van der Waals surface area contributed by atoms with E-state index in [1.54, 1.807) is 42.9 Å². The lowest BCUT2D eigenvalue weighted by Gasteiger charge is -2.12. The summed E-state index contributed by atoms with van der Waals surface area (Å²) in [6.45, 7) is 1.80. The molecule has 11 heteroatoms. The van der Waals surface area contributed by atoms with E-state index in [1.165, 1.54) is 18.9 Å². The van der Waals surface area contributed by atoms with Crippen molar-refractivity contribution < 1.29 is 14.6 Å². The molecule has 0 aliphatic rings. The van der Waals surface area contributed by atoms with Gasteiger partial charge in [-0.05, 0) is 43.2 Å². The predicted octanol–water partition coefficient (Wildman–Crippen LogP) is 2.05. The fraction of sp³-hybridized carbons (Fsp3) is 0.231. The third-order valence-corrected chi connectivity index (χ3v) is 6.13. The van der Waals surface area contributed by atoms with Crippen LogP contribution in [0.5, 0.6) is 17.4 Å². The maximum Gasteiger partial charge on any atom is 0.331 e. The third-order valence-electron chi connectivity index (χ3n) is 6.13. The monoisotopic (exact) mass is 505 g/mol. The molecule has 192 valence electrons. The minimum atomic E-state index is -0.814. The predicted molar refractivity (Wildman–Crippen MR) is 139 cm³/mol. The summed E-state index contributed by atoms with van der Waals surface area (Å²) in [6.07, 6.45) is 1.45. The summed E-state index contributed by atoms with van der Waals surface area (Å²) in [7, 11) is 4.78. The molecular weight excluding hydrogens is 478 g/mol. The minimum absolute atomic E-state index is 0.0724. The summed E-state index contributed by atoms with van der Waals surface area (Å²) in [5, 5.41) is 10.8. The van der Waals surface area contributed by atoms with Gasteiger partial charge in [-0.2, -0.15) is 0 Å². The van der Waals surface area contributed by atoms with Crippen LogP contribution < -0.4 is 26.3 Å². The number of aromatic hydroxyl groups is 1. The number of aliphatic imine (C=N–C) groups is 1. The van der Waals surface area contributed by atoms with Gasteiger partial charge in [0.25, 0.3) is 11.1 Å². The van der Waals surface area contributed by atoms with Gasteiger partial charge in [-0.15, -0.1) is 0 Å². The molecule has 0 amide bonds. The number of aryl methyl sites for hydroxylation is 1. The van der Waals surface area contributed by atoms with Gasteiger partial charge in [0.15, 0.2) is 17.2 Å². The normalized spacial score (nSPS) is 11.2. The molecule has 0 radical (unpaired) electrons. The quantitative estimate of drug-likeness (QED) is 0.352. The van der Waals surface area contributed by atoms with E-state index in [-0.39, 0.29) is 23.4 Å². The highest BCUT2D eigenvalue weighted by molar-refractivity contribution is 5.84. The van der Waals surface area contributed by atoms with E-state index in [0.717, 1.165) is 16.3 Å². The Kier molecular flexibility index (Phi) is 7.14. The molecule has 2 N–H and O–H groups in total. The fourth-order valence-electron chi connectivity index (χ4n) is 4.01. The molecule has 0 bridgehead atoms. The number of hydrogen-bond acceptors (Lipinski definition) is 7. The maximum absolute atomic E-state index is 13.1. The Balaban J connectivity index is 1.67. The number of methoxy groups -OCH3 is 2. The highest BCUT2D eigenvalue weighted by atomic mass is 16.5. The topological polar surface area (TPSA) is 133 Å². The second-order valence-electron chi connectivity index (χ2n) is 8.26. The standard InChI is InChI=1S/C26H27N5O6/c1-16-22(25(34)31(29(16)2)18-8-6-5-7-9-18)27-15-19-23(32)28-26(35)30(24(19)33)13-12-17-10-11-20(36-3)21(14-17)37-4/h5-11,14-15,33H,12-13H2,1-4H3,(H,28,32,35). The summed E-state index contributed by atoms with van der Waals surface area (Å²) >= 11 is 0. The van der Waals surface area contributed by atoms with Gasteiger partial charge < -0.3 is 14.6 Å². The van der Waals surface area contributed by atoms with E-state index >= 15 is 0 Å². The molecule has 0 saturated heterocycles. The van der Waals surface area contributed by atoms with Gasteiger partial charge in [0, 0.05) is 19.8 Å². The highest BCUT2D eigenvalue weighted by Crippen LogP contribution is 2.28. The number of H-pyrrole nitrogens is 1. The molecule has 2 heterocycles. The Morgan fingerprint density at radius 3 is 2.41 bits per heavy atom. The van der Waals surface area contributed by atoms with Crippen molar-refractivity contribution in [1.82, 2.24) is 18.9 Å². The van der Waals surface area contributed by atoms with Gasteiger partial charge >= 0.3 is 5.69 Å². The summed E-state index contributed by atoms with van der Waals surface area (Å²) in [6, 6.07) is 14.4. The average molecular weight is 506 g/mol. The Morgan fingerprint density at radius 1 is 1.03 bits per heavy atom. The van der Waals surface area contributed by atoms with E-state index in [1.807, 2.05) is 24.3 Å². The van der Waals surface area contributed by atoms with Crippen LogP contribution in [-0.2, 0) is 20.0 Å². The zero-order valence-electron chi connectivity index (χ0n) is 20.9. The summed E-state index contributed by atoms with van der Waals surface area (Å²) < 4.78 is 14.7. The molecule has 2 aromatic heterocycles. The number of nitrogens with one attached hydrogen (secondary N) is 1. The smallest absolute Gasteiger partial charge is 0.331 e. The van der Waals surface area contributed by atoms with Crippen molar-refractivity contribution in [1.29, 1.82) is 0 Å². The molecule has 0 aliphatic carbocycles.